The lowest BCUT2D eigenvalue weighted by molar-refractivity contribution is -0.141. The summed E-state index contributed by atoms with van der Waals surface area (Å²) in [7, 11) is -3.56. The molecular formula is C27H37Cl2N3O4S. The number of aryl methyl sites for hydroxylation is 2. The summed E-state index contributed by atoms with van der Waals surface area (Å²) in [5.41, 5.74) is 3.13. The first-order chi connectivity index (χ1) is 17.4. The van der Waals surface area contributed by atoms with Crippen LogP contribution in [0.25, 0.3) is 0 Å². The number of carbonyl (C=O) groups excluding carboxylic acids is 2. The summed E-state index contributed by atoms with van der Waals surface area (Å²) in [4.78, 5) is 28.0. The zero-order valence-electron chi connectivity index (χ0n) is 22.2. The summed E-state index contributed by atoms with van der Waals surface area (Å²) < 4.78 is 26.6. The number of rotatable bonds is 13. The molecule has 0 bridgehead atoms. The van der Waals surface area contributed by atoms with Crippen LogP contribution in [0.4, 0.5) is 5.69 Å². The molecule has 0 saturated heterocycles. The number of anilines is 1. The molecule has 0 aliphatic rings. The van der Waals surface area contributed by atoms with Crippen molar-refractivity contribution in [1.82, 2.24) is 10.2 Å². The molecule has 2 amide bonds. The second-order valence-electron chi connectivity index (χ2n) is 9.21. The van der Waals surface area contributed by atoms with E-state index < -0.39 is 16.1 Å². The largest absolute Gasteiger partial charge is 0.354 e. The Morgan fingerprint density at radius 3 is 2.32 bits per heavy atom. The summed E-state index contributed by atoms with van der Waals surface area (Å²) in [6.45, 7) is 8.43. The normalized spacial score (nSPS) is 12.2. The van der Waals surface area contributed by atoms with Gasteiger partial charge in [0, 0.05) is 26.1 Å². The first-order valence-corrected chi connectivity index (χ1v) is 15.1. The number of carbonyl (C=O) groups is 2. The van der Waals surface area contributed by atoms with Crippen molar-refractivity contribution in [2.45, 2.75) is 66.0 Å². The molecule has 37 heavy (non-hydrogen) atoms. The van der Waals surface area contributed by atoms with Crippen LogP contribution in [0, 0.1) is 13.8 Å². The van der Waals surface area contributed by atoms with Crippen LogP contribution < -0.4 is 9.62 Å². The van der Waals surface area contributed by atoms with Crippen molar-refractivity contribution in [3.05, 3.63) is 63.1 Å². The maximum atomic E-state index is 13.5. The highest BCUT2D eigenvalue weighted by Crippen LogP contribution is 2.26. The monoisotopic (exact) mass is 569 g/mol. The van der Waals surface area contributed by atoms with Gasteiger partial charge < -0.3 is 10.2 Å². The third-order valence-corrected chi connectivity index (χ3v) is 7.98. The molecule has 1 N–H and O–H groups in total. The highest BCUT2D eigenvalue weighted by Gasteiger charge is 2.29. The molecule has 0 aliphatic carbocycles. The summed E-state index contributed by atoms with van der Waals surface area (Å²) in [5.74, 6) is -0.454. The number of halogens is 2. The first kappa shape index (κ1) is 30.9. The molecule has 2 aromatic rings. The Bertz CT molecular complexity index is 1200. The molecular weight excluding hydrogens is 533 g/mol. The molecule has 7 nitrogen and oxygen atoms in total. The van der Waals surface area contributed by atoms with Crippen LogP contribution in [0.1, 0.15) is 56.2 Å². The summed E-state index contributed by atoms with van der Waals surface area (Å²) >= 11 is 12.2. The molecule has 0 saturated carbocycles. The van der Waals surface area contributed by atoms with E-state index in [-0.39, 0.29) is 31.3 Å². The third kappa shape index (κ3) is 8.90. The zero-order valence-corrected chi connectivity index (χ0v) is 24.5. The minimum absolute atomic E-state index is 0.0791. The number of nitrogens with one attached hydrogen (secondary N) is 1. The molecule has 1 atom stereocenters. The van der Waals surface area contributed by atoms with Gasteiger partial charge in [0.25, 0.3) is 0 Å². The van der Waals surface area contributed by atoms with Crippen LogP contribution in [0.3, 0.4) is 0 Å². The lowest BCUT2D eigenvalue weighted by Crippen LogP contribution is -2.49. The summed E-state index contributed by atoms with van der Waals surface area (Å²) in [5, 5.41) is 3.66. The van der Waals surface area contributed by atoms with Crippen molar-refractivity contribution in [1.29, 1.82) is 0 Å². The summed E-state index contributed by atoms with van der Waals surface area (Å²) in [6, 6.07) is 10.1. The Morgan fingerprint density at radius 1 is 1.03 bits per heavy atom. The van der Waals surface area contributed by atoms with Gasteiger partial charge in [0.05, 0.1) is 22.0 Å². The molecule has 0 heterocycles. The van der Waals surface area contributed by atoms with E-state index in [9.17, 15) is 18.0 Å². The molecule has 0 aromatic heterocycles. The number of hydrogen-bond acceptors (Lipinski definition) is 4. The molecule has 204 valence electrons. The van der Waals surface area contributed by atoms with Gasteiger partial charge in [-0.05, 0) is 68.0 Å². The van der Waals surface area contributed by atoms with E-state index in [1.807, 2.05) is 45.9 Å². The number of amides is 2. The predicted molar refractivity (Wildman–Crippen MR) is 152 cm³/mol. The van der Waals surface area contributed by atoms with Crippen molar-refractivity contribution < 1.29 is 18.0 Å². The minimum Gasteiger partial charge on any atom is -0.354 e. The smallest absolute Gasteiger partial charge is 0.242 e. The second-order valence-corrected chi connectivity index (χ2v) is 11.9. The molecule has 0 radical (unpaired) electrons. The Kier molecular flexibility index (Phi) is 11.7. The lowest BCUT2D eigenvalue weighted by Gasteiger charge is -2.31. The van der Waals surface area contributed by atoms with Crippen LogP contribution in [-0.2, 0) is 26.2 Å². The van der Waals surface area contributed by atoms with E-state index in [1.54, 1.807) is 23.1 Å². The number of benzene rings is 2. The molecule has 2 aromatic carbocycles. The van der Waals surface area contributed by atoms with Gasteiger partial charge in [-0.2, -0.15) is 0 Å². The fourth-order valence-corrected chi connectivity index (χ4v) is 5.43. The standard InChI is InChI=1S/C27H37Cl2N3O4S/c1-6-14-30-27(34)24(7-2)31(18-21-12-13-22(28)23(29)17-21)26(33)9-8-15-32(37(5,35)36)25-16-19(3)10-11-20(25)4/h10-13,16-17,24H,6-9,14-15,18H2,1-5H3,(H,30,34)/t24-/m0/s1. The first-order valence-electron chi connectivity index (χ1n) is 12.4. The highest BCUT2D eigenvalue weighted by atomic mass is 35.5. The van der Waals surface area contributed by atoms with Crippen LogP contribution in [0.2, 0.25) is 10.0 Å². The van der Waals surface area contributed by atoms with Crippen molar-refractivity contribution in [2.75, 3.05) is 23.7 Å². The van der Waals surface area contributed by atoms with E-state index in [2.05, 4.69) is 5.32 Å². The lowest BCUT2D eigenvalue weighted by atomic mass is 10.1. The molecule has 0 unspecified atom stereocenters. The van der Waals surface area contributed by atoms with Gasteiger partial charge in [0.1, 0.15) is 6.04 Å². The van der Waals surface area contributed by atoms with Crippen molar-refractivity contribution in [3.8, 4) is 0 Å². The topological polar surface area (TPSA) is 86.8 Å². The van der Waals surface area contributed by atoms with Crippen LogP contribution >= 0.6 is 23.2 Å². The Morgan fingerprint density at radius 2 is 1.73 bits per heavy atom. The van der Waals surface area contributed by atoms with Gasteiger partial charge in [-0.1, -0.05) is 55.2 Å². The van der Waals surface area contributed by atoms with E-state index in [0.717, 1.165) is 23.1 Å². The van der Waals surface area contributed by atoms with E-state index in [1.165, 1.54) is 10.6 Å². The number of nitrogens with zero attached hydrogens (tertiary/aromatic N) is 2. The molecule has 10 heteroatoms. The van der Waals surface area contributed by atoms with Crippen molar-refractivity contribution in [2.24, 2.45) is 0 Å². The van der Waals surface area contributed by atoms with Crippen LogP contribution in [0.15, 0.2) is 36.4 Å². The van der Waals surface area contributed by atoms with Gasteiger partial charge in [0.2, 0.25) is 21.8 Å². The average molecular weight is 571 g/mol. The van der Waals surface area contributed by atoms with Gasteiger partial charge in [0.15, 0.2) is 0 Å². The second kappa shape index (κ2) is 14.0. The van der Waals surface area contributed by atoms with E-state index >= 15 is 0 Å². The van der Waals surface area contributed by atoms with E-state index in [4.69, 9.17) is 23.2 Å². The SMILES string of the molecule is CCCNC(=O)[C@H](CC)N(Cc1ccc(Cl)c(Cl)c1)C(=O)CCCN(c1cc(C)ccc1C)S(C)(=O)=O. The van der Waals surface area contributed by atoms with Crippen LogP contribution in [0.5, 0.6) is 0 Å². The average Bonchev–Trinajstić information content (AvgIpc) is 2.83. The quantitative estimate of drug-likeness (QED) is 0.345. The maximum absolute atomic E-state index is 13.5. The zero-order chi connectivity index (χ0) is 27.8. The third-order valence-electron chi connectivity index (χ3n) is 6.06. The van der Waals surface area contributed by atoms with Crippen molar-refractivity contribution >= 4 is 50.7 Å². The van der Waals surface area contributed by atoms with E-state index in [0.29, 0.717) is 35.1 Å². The van der Waals surface area contributed by atoms with Gasteiger partial charge >= 0.3 is 0 Å². The molecule has 0 spiro atoms. The Hall–Kier alpha value is -2.29. The Balaban J connectivity index is 2.26. The molecule has 0 fully saturated rings. The Labute approximate surface area is 231 Å². The fourth-order valence-electron chi connectivity index (χ4n) is 4.09. The maximum Gasteiger partial charge on any atom is 0.242 e. The predicted octanol–water partition coefficient (Wildman–Crippen LogP) is 5.49. The fraction of sp³-hybridized carbons (Fsp3) is 0.481. The highest BCUT2D eigenvalue weighted by molar-refractivity contribution is 7.92. The van der Waals surface area contributed by atoms with Gasteiger partial charge in [-0.3, -0.25) is 13.9 Å². The minimum atomic E-state index is -3.56. The van der Waals surface area contributed by atoms with Gasteiger partial charge in [-0.25, -0.2) is 8.42 Å². The van der Waals surface area contributed by atoms with Gasteiger partial charge in [-0.15, -0.1) is 0 Å². The summed E-state index contributed by atoms with van der Waals surface area (Å²) in [6.07, 6.45) is 2.75. The molecule has 0 aliphatic heterocycles. The number of sulfonamides is 1. The van der Waals surface area contributed by atoms with Crippen LogP contribution in [-0.4, -0.2) is 50.5 Å². The molecule has 2 rings (SSSR count). The van der Waals surface area contributed by atoms with Crippen molar-refractivity contribution in [3.63, 3.8) is 0 Å². The number of hydrogen-bond donors (Lipinski definition) is 1.